The fourth-order valence-electron chi connectivity index (χ4n) is 5.56. The number of H-pyrrole nitrogens is 1. The molecule has 2 aliphatic rings. The van der Waals surface area contributed by atoms with Crippen LogP contribution in [0, 0.1) is 0 Å². The van der Waals surface area contributed by atoms with Gasteiger partial charge in [-0.05, 0) is 12.8 Å². The summed E-state index contributed by atoms with van der Waals surface area (Å²) in [6.07, 6.45) is 17.7. The van der Waals surface area contributed by atoms with Crippen molar-refractivity contribution in [1.82, 2.24) is 9.55 Å². The van der Waals surface area contributed by atoms with Crippen LogP contribution in [-0.2, 0) is 14.2 Å². The average molecular weight is 509 g/mol. The maximum atomic E-state index is 12.5. The van der Waals surface area contributed by atoms with Gasteiger partial charge in [0.1, 0.15) is 18.3 Å². The third kappa shape index (κ3) is 8.01. The summed E-state index contributed by atoms with van der Waals surface area (Å²) in [6, 6.07) is 1.30. The second-order valence-electron chi connectivity index (χ2n) is 10.6. The van der Waals surface area contributed by atoms with Crippen LogP contribution in [-0.4, -0.2) is 45.4 Å². The van der Waals surface area contributed by atoms with E-state index in [-0.39, 0.29) is 6.61 Å². The minimum absolute atomic E-state index is 0.218. The number of nitrogens with one attached hydrogen (secondary N) is 1. The molecule has 0 bridgehead atoms. The van der Waals surface area contributed by atoms with Crippen molar-refractivity contribution >= 4 is 0 Å². The molecule has 0 spiro atoms. The minimum Gasteiger partial charge on any atom is -0.394 e. The molecule has 0 radical (unpaired) electrons. The molecule has 2 fully saturated rings. The second-order valence-corrected chi connectivity index (χ2v) is 10.6. The summed E-state index contributed by atoms with van der Waals surface area (Å²) in [4.78, 5) is 26.3. The molecule has 2 aliphatic heterocycles. The Kier molecular flexibility index (Phi) is 12.2. The highest BCUT2D eigenvalue weighted by Gasteiger charge is 2.58. The Hall–Kier alpha value is -1.48. The number of fused-ring (bicyclic) bond motifs is 1. The van der Waals surface area contributed by atoms with E-state index >= 15 is 0 Å². The van der Waals surface area contributed by atoms with Crippen molar-refractivity contribution in [2.45, 2.75) is 147 Å². The lowest BCUT2D eigenvalue weighted by atomic mass is 9.98. The van der Waals surface area contributed by atoms with Crippen molar-refractivity contribution in [2.75, 3.05) is 6.61 Å². The number of nitrogens with zero attached hydrogens (tertiary/aromatic N) is 1. The van der Waals surface area contributed by atoms with E-state index in [4.69, 9.17) is 14.2 Å². The number of aromatic amines is 1. The van der Waals surface area contributed by atoms with Gasteiger partial charge in [-0.2, -0.15) is 0 Å². The predicted molar refractivity (Wildman–Crippen MR) is 140 cm³/mol. The van der Waals surface area contributed by atoms with E-state index in [1.165, 1.54) is 81.0 Å². The molecule has 206 valence electrons. The average Bonchev–Trinajstić information content (AvgIpc) is 3.39. The number of aliphatic hydroxyl groups excluding tert-OH is 1. The number of hydrogen-bond acceptors (Lipinski definition) is 6. The molecule has 0 amide bonds. The van der Waals surface area contributed by atoms with Gasteiger partial charge in [-0.15, -0.1) is 0 Å². The SMILES string of the molecule is CCCCCCCCCC1(CCCCCCCCC)OC2C(O1)[C@@H](CO)O[C@H]2n1ccc(=O)[nH]c1=O. The zero-order valence-corrected chi connectivity index (χ0v) is 22.4. The third-order valence-electron chi connectivity index (χ3n) is 7.61. The van der Waals surface area contributed by atoms with Crippen molar-refractivity contribution < 1.29 is 19.3 Å². The van der Waals surface area contributed by atoms with Gasteiger partial charge in [0.25, 0.3) is 5.56 Å². The van der Waals surface area contributed by atoms with Crippen molar-refractivity contribution in [3.63, 3.8) is 0 Å². The van der Waals surface area contributed by atoms with E-state index in [1.54, 1.807) is 0 Å². The normalized spacial score (nSPS) is 24.9. The highest BCUT2D eigenvalue weighted by atomic mass is 16.8. The summed E-state index contributed by atoms with van der Waals surface area (Å²) >= 11 is 0. The molecule has 3 rings (SSSR count). The molecule has 1 aromatic heterocycles. The summed E-state index contributed by atoms with van der Waals surface area (Å²) in [6.45, 7) is 4.25. The van der Waals surface area contributed by atoms with Gasteiger partial charge in [0.05, 0.1) is 6.61 Å². The van der Waals surface area contributed by atoms with E-state index < -0.39 is 41.6 Å². The van der Waals surface area contributed by atoms with Crippen LogP contribution >= 0.6 is 0 Å². The van der Waals surface area contributed by atoms with E-state index in [0.717, 1.165) is 38.5 Å². The van der Waals surface area contributed by atoms with Crippen LogP contribution in [0.4, 0.5) is 0 Å². The molecule has 2 saturated heterocycles. The van der Waals surface area contributed by atoms with Gasteiger partial charge >= 0.3 is 5.69 Å². The number of aromatic nitrogens is 2. The van der Waals surface area contributed by atoms with Gasteiger partial charge < -0.3 is 19.3 Å². The Labute approximate surface area is 215 Å². The number of ether oxygens (including phenoxy) is 3. The molecule has 0 saturated carbocycles. The number of aliphatic hydroxyl groups is 1. The van der Waals surface area contributed by atoms with Gasteiger partial charge in [-0.25, -0.2) is 4.79 Å². The second kappa shape index (κ2) is 15.1. The van der Waals surface area contributed by atoms with Crippen LogP contribution in [0.5, 0.6) is 0 Å². The van der Waals surface area contributed by atoms with Crippen LogP contribution in [0.2, 0.25) is 0 Å². The van der Waals surface area contributed by atoms with E-state index in [0.29, 0.717) is 0 Å². The Morgan fingerprint density at radius 3 is 1.89 bits per heavy atom. The van der Waals surface area contributed by atoms with Gasteiger partial charge in [0.15, 0.2) is 12.0 Å². The third-order valence-corrected chi connectivity index (χ3v) is 7.61. The van der Waals surface area contributed by atoms with Gasteiger partial charge in [-0.1, -0.05) is 90.9 Å². The molecule has 2 unspecified atom stereocenters. The summed E-state index contributed by atoms with van der Waals surface area (Å²) in [7, 11) is 0. The van der Waals surface area contributed by atoms with E-state index in [2.05, 4.69) is 18.8 Å². The standard InChI is InChI=1S/C28H48N2O6/c1-3-5-7-9-11-13-15-18-28(19-16-14-12-10-8-6-4-2)35-24-22(21-31)34-26(25(24)36-28)30-20-17-23(32)29-27(30)33/h17,20,22,24-26,31H,3-16,18-19,21H2,1-2H3,(H,29,32,33)/t22-,24?,25?,26-/m1/s1. The molecule has 1 aromatic rings. The summed E-state index contributed by atoms with van der Waals surface area (Å²) in [5, 5.41) is 9.99. The molecule has 0 aliphatic carbocycles. The van der Waals surface area contributed by atoms with E-state index in [1.807, 2.05) is 0 Å². The van der Waals surface area contributed by atoms with Crippen LogP contribution in [0.15, 0.2) is 21.9 Å². The van der Waals surface area contributed by atoms with Gasteiger partial charge in [-0.3, -0.25) is 14.3 Å². The molecule has 8 nitrogen and oxygen atoms in total. The topological polar surface area (TPSA) is 103 Å². The number of rotatable bonds is 18. The first-order valence-corrected chi connectivity index (χ1v) is 14.5. The van der Waals surface area contributed by atoms with Crippen LogP contribution in [0.1, 0.15) is 123 Å². The minimum atomic E-state index is -0.749. The lowest BCUT2D eigenvalue weighted by Gasteiger charge is -2.31. The van der Waals surface area contributed by atoms with Crippen LogP contribution in [0.3, 0.4) is 0 Å². The van der Waals surface area contributed by atoms with Gasteiger partial charge in [0, 0.05) is 25.1 Å². The van der Waals surface area contributed by atoms with Crippen molar-refractivity contribution in [2.24, 2.45) is 0 Å². The van der Waals surface area contributed by atoms with Gasteiger partial charge in [0.2, 0.25) is 0 Å². The fraction of sp³-hybridized carbons (Fsp3) is 0.857. The maximum Gasteiger partial charge on any atom is 0.330 e. The van der Waals surface area contributed by atoms with Crippen molar-refractivity contribution in [1.29, 1.82) is 0 Å². The zero-order chi connectivity index (χ0) is 25.8. The molecule has 2 N–H and O–H groups in total. The largest absolute Gasteiger partial charge is 0.394 e. The predicted octanol–water partition coefficient (Wildman–Crippen LogP) is 5.19. The quantitative estimate of drug-likeness (QED) is 0.265. The van der Waals surface area contributed by atoms with Crippen molar-refractivity contribution in [3.05, 3.63) is 33.1 Å². The lowest BCUT2D eigenvalue weighted by Crippen LogP contribution is -2.38. The first-order valence-electron chi connectivity index (χ1n) is 14.5. The lowest BCUT2D eigenvalue weighted by molar-refractivity contribution is -0.228. The monoisotopic (exact) mass is 508 g/mol. The summed E-state index contributed by atoms with van der Waals surface area (Å²) < 4.78 is 20.5. The molecular formula is C28H48N2O6. The Morgan fingerprint density at radius 2 is 1.36 bits per heavy atom. The Morgan fingerprint density at radius 1 is 0.833 bits per heavy atom. The molecule has 4 atom stereocenters. The van der Waals surface area contributed by atoms with Crippen molar-refractivity contribution in [3.8, 4) is 0 Å². The Balaban J connectivity index is 1.65. The molecule has 0 aromatic carbocycles. The maximum absolute atomic E-state index is 12.5. The van der Waals surface area contributed by atoms with Crippen LogP contribution < -0.4 is 11.2 Å². The molecule has 8 heteroatoms. The fourth-order valence-corrected chi connectivity index (χ4v) is 5.56. The smallest absolute Gasteiger partial charge is 0.330 e. The Bertz CT molecular complexity index is 850. The highest BCUT2D eigenvalue weighted by molar-refractivity contribution is 5.00. The van der Waals surface area contributed by atoms with Crippen LogP contribution in [0.25, 0.3) is 0 Å². The summed E-state index contributed by atoms with van der Waals surface area (Å²) in [5.41, 5.74) is -1.01. The first kappa shape index (κ1) is 29.1. The first-order chi connectivity index (χ1) is 17.5. The highest BCUT2D eigenvalue weighted by Crippen LogP contribution is 2.46. The molecule has 36 heavy (non-hydrogen) atoms. The molecular weight excluding hydrogens is 460 g/mol. The zero-order valence-electron chi connectivity index (χ0n) is 22.4. The van der Waals surface area contributed by atoms with E-state index in [9.17, 15) is 14.7 Å². The number of unbranched alkanes of at least 4 members (excludes halogenated alkanes) is 12. The molecule has 3 heterocycles. The number of hydrogen-bond donors (Lipinski definition) is 2. The summed E-state index contributed by atoms with van der Waals surface area (Å²) in [5.74, 6) is -0.719.